The first-order valence-corrected chi connectivity index (χ1v) is 22.0. The molecule has 6 heteroatoms. The van der Waals surface area contributed by atoms with E-state index >= 15 is 0 Å². The predicted octanol–water partition coefficient (Wildman–Crippen LogP) is 10.0. The fourth-order valence-corrected chi connectivity index (χ4v) is 15.3. The van der Waals surface area contributed by atoms with E-state index in [4.69, 9.17) is 15.0 Å². The average molecular weight is 763 g/mol. The first kappa shape index (κ1) is 33.4. The zero-order chi connectivity index (χ0) is 37.8. The Hall–Kier alpha value is -6.99. The summed E-state index contributed by atoms with van der Waals surface area (Å²) in [7, 11) is -3.00. The van der Waals surface area contributed by atoms with E-state index in [1.807, 2.05) is 47.7 Å². The van der Waals surface area contributed by atoms with Crippen LogP contribution in [0.25, 0.3) is 70.7 Å². The second-order valence-electron chi connectivity index (χ2n) is 14.4. The van der Waals surface area contributed by atoms with Crippen LogP contribution in [0, 0.1) is 0 Å². The molecule has 0 aliphatic carbocycles. The second-order valence-corrected chi connectivity index (χ2v) is 19.2. The maximum Gasteiger partial charge on any atom is 0.238 e. The molecule has 0 aliphatic heterocycles. The van der Waals surface area contributed by atoms with E-state index in [-0.39, 0.29) is 0 Å². The molecule has 0 N–H and O–H groups in total. The lowest BCUT2D eigenvalue weighted by molar-refractivity contribution is 0.953. The Labute approximate surface area is 335 Å². The summed E-state index contributed by atoms with van der Waals surface area (Å²) in [5.41, 5.74) is 3.99. The van der Waals surface area contributed by atoms with Gasteiger partial charge in [0.15, 0.2) is 19.7 Å². The van der Waals surface area contributed by atoms with Gasteiger partial charge in [-0.15, -0.1) is 11.3 Å². The monoisotopic (exact) mass is 762 g/mol. The normalized spacial score (nSPS) is 11.9. The quantitative estimate of drug-likeness (QED) is 0.120. The van der Waals surface area contributed by atoms with E-state index in [0.29, 0.717) is 17.6 Å². The number of benzene rings is 8. The van der Waals surface area contributed by atoms with Gasteiger partial charge in [0.2, 0.25) is 5.95 Å². The van der Waals surface area contributed by atoms with E-state index < -0.39 is 8.07 Å². The Balaban J connectivity index is 1.26. The molecular weight excluding hydrogens is 729 g/mol. The molecular formula is C51H34N4SSi. The van der Waals surface area contributed by atoms with Crippen LogP contribution >= 0.6 is 11.3 Å². The SMILES string of the molecule is c1ccc(-c2nc(-c3ccccc3)nc(-n3c4ccccc4c4ccc([Si](c5ccccc5)(c5ccccc5)c5cccc6c5sc5ccccc56)cc43)n2)cc1. The maximum atomic E-state index is 5.26. The summed E-state index contributed by atoms with van der Waals surface area (Å²) in [6.45, 7) is 0. The molecule has 268 valence electrons. The van der Waals surface area contributed by atoms with Crippen LogP contribution in [-0.4, -0.2) is 27.6 Å². The van der Waals surface area contributed by atoms with Gasteiger partial charge in [-0.3, -0.25) is 4.57 Å². The molecule has 0 fully saturated rings. The van der Waals surface area contributed by atoms with Gasteiger partial charge in [-0.05, 0) is 38.9 Å². The van der Waals surface area contributed by atoms with Gasteiger partial charge in [-0.25, -0.2) is 4.98 Å². The van der Waals surface area contributed by atoms with Crippen molar-refractivity contribution in [3.63, 3.8) is 0 Å². The average Bonchev–Trinajstić information content (AvgIpc) is 3.84. The van der Waals surface area contributed by atoms with Crippen LogP contribution in [-0.2, 0) is 0 Å². The molecule has 0 saturated heterocycles. The first-order valence-electron chi connectivity index (χ1n) is 19.2. The molecule has 0 bridgehead atoms. The number of fused-ring (bicyclic) bond motifs is 6. The van der Waals surface area contributed by atoms with Crippen molar-refractivity contribution in [1.82, 2.24) is 19.5 Å². The Morgan fingerprint density at radius 3 is 1.56 bits per heavy atom. The Bertz CT molecular complexity index is 3140. The third kappa shape index (κ3) is 5.37. The summed E-state index contributed by atoms with van der Waals surface area (Å²) < 4.78 is 4.90. The minimum atomic E-state index is -3.00. The highest BCUT2D eigenvalue weighted by Gasteiger charge is 2.43. The van der Waals surface area contributed by atoms with E-state index in [0.717, 1.165) is 32.9 Å². The first-order chi connectivity index (χ1) is 28.3. The van der Waals surface area contributed by atoms with Gasteiger partial charge >= 0.3 is 0 Å². The molecule has 0 atom stereocenters. The van der Waals surface area contributed by atoms with Crippen molar-refractivity contribution in [3.05, 3.63) is 206 Å². The van der Waals surface area contributed by atoms with Gasteiger partial charge in [0.1, 0.15) is 0 Å². The molecule has 3 heterocycles. The van der Waals surface area contributed by atoms with Gasteiger partial charge < -0.3 is 0 Å². The lowest BCUT2D eigenvalue weighted by Crippen LogP contribution is -2.74. The highest BCUT2D eigenvalue weighted by Crippen LogP contribution is 2.35. The van der Waals surface area contributed by atoms with Crippen LogP contribution < -0.4 is 20.7 Å². The standard InChI is InChI=1S/C51H34N4SSi/c1-5-18-35(19-6-1)49-52-50(36-20-7-2-8-21-36)54-51(53-49)55-44-29-15-13-26-40(44)41-33-32-39(34-45(41)55)57(37-22-9-3-10-23-37,38-24-11-4-12-25-38)47-31-17-28-43-42-27-14-16-30-46(42)56-48(43)47/h1-34H. The number of hydrogen-bond acceptors (Lipinski definition) is 4. The van der Waals surface area contributed by atoms with Crippen LogP contribution in [0.5, 0.6) is 0 Å². The van der Waals surface area contributed by atoms with Crippen molar-refractivity contribution in [2.75, 3.05) is 0 Å². The minimum absolute atomic E-state index is 0.587. The third-order valence-electron chi connectivity index (χ3n) is 11.2. The number of para-hydroxylation sites is 1. The molecule has 11 aromatic rings. The Morgan fingerprint density at radius 1 is 0.386 bits per heavy atom. The van der Waals surface area contributed by atoms with E-state index in [9.17, 15) is 0 Å². The van der Waals surface area contributed by atoms with Crippen LogP contribution in [0.2, 0.25) is 0 Å². The topological polar surface area (TPSA) is 43.6 Å². The molecule has 57 heavy (non-hydrogen) atoms. The van der Waals surface area contributed by atoms with Crippen molar-refractivity contribution in [1.29, 1.82) is 0 Å². The molecule has 4 nitrogen and oxygen atoms in total. The molecule has 0 saturated carbocycles. The van der Waals surface area contributed by atoms with Crippen molar-refractivity contribution in [2.45, 2.75) is 0 Å². The molecule has 3 aromatic heterocycles. The van der Waals surface area contributed by atoms with Crippen LogP contribution in [0.15, 0.2) is 206 Å². The molecule has 0 radical (unpaired) electrons. The largest absolute Gasteiger partial charge is 0.278 e. The third-order valence-corrected chi connectivity index (χ3v) is 17.4. The summed E-state index contributed by atoms with van der Waals surface area (Å²) in [5, 5.41) is 10.3. The van der Waals surface area contributed by atoms with Crippen LogP contribution in [0.4, 0.5) is 0 Å². The number of aromatic nitrogens is 4. The highest BCUT2D eigenvalue weighted by atomic mass is 32.1. The van der Waals surface area contributed by atoms with Crippen LogP contribution in [0.3, 0.4) is 0 Å². The number of hydrogen-bond donors (Lipinski definition) is 0. The van der Waals surface area contributed by atoms with Gasteiger partial charge in [-0.2, -0.15) is 9.97 Å². The lowest BCUT2D eigenvalue weighted by atomic mass is 10.1. The summed E-state index contributed by atoms with van der Waals surface area (Å²) in [6.07, 6.45) is 0. The number of rotatable bonds is 7. The van der Waals surface area contributed by atoms with Crippen molar-refractivity contribution in [3.8, 4) is 28.7 Å². The highest BCUT2D eigenvalue weighted by molar-refractivity contribution is 7.30. The minimum Gasteiger partial charge on any atom is -0.278 e. The fraction of sp³-hybridized carbons (Fsp3) is 0. The van der Waals surface area contributed by atoms with E-state index in [1.165, 1.54) is 40.9 Å². The maximum absolute atomic E-state index is 5.26. The Kier molecular flexibility index (Phi) is 7.98. The van der Waals surface area contributed by atoms with Crippen molar-refractivity contribution in [2.24, 2.45) is 0 Å². The molecule has 8 aromatic carbocycles. The van der Waals surface area contributed by atoms with Crippen molar-refractivity contribution >= 4 is 82.1 Å². The summed E-state index contributed by atoms with van der Waals surface area (Å²) >= 11 is 1.91. The van der Waals surface area contributed by atoms with Gasteiger partial charge in [0.05, 0.1) is 11.0 Å². The second kappa shape index (κ2) is 13.6. The number of nitrogens with zero attached hydrogens (tertiary/aromatic N) is 4. The van der Waals surface area contributed by atoms with E-state index in [1.54, 1.807) is 0 Å². The predicted molar refractivity (Wildman–Crippen MR) is 242 cm³/mol. The lowest BCUT2D eigenvalue weighted by Gasteiger charge is -2.35. The molecule has 0 amide bonds. The van der Waals surface area contributed by atoms with Crippen LogP contribution in [0.1, 0.15) is 0 Å². The van der Waals surface area contributed by atoms with Gasteiger partial charge in [0.25, 0.3) is 0 Å². The molecule has 11 rings (SSSR count). The fourth-order valence-electron chi connectivity index (χ4n) is 8.70. The smallest absolute Gasteiger partial charge is 0.238 e. The summed E-state index contributed by atoms with van der Waals surface area (Å²) in [5.74, 6) is 1.86. The zero-order valence-corrected chi connectivity index (χ0v) is 32.6. The molecule has 0 spiro atoms. The van der Waals surface area contributed by atoms with Crippen molar-refractivity contribution < 1.29 is 0 Å². The van der Waals surface area contributed by atoms with Gasteiger partial charge in [0, 0.05) is 42.1 Å². The van der Waals surface area contributed by atoms with E-state index in [2.05, 4.69) is 174 Å². The Morgan fingerprint density at radius 2 is 0.912 bits per heavy atom. The zero-order valence-electron chi connectivity index (χ0n) is 30.8. The molecule has 0 unspecified atom stereocenters. The number of thiophene rings is 1. The molecule has 0 aliphatic rings. The summed E-state index contributed by atoms with van der Waals surface area (Å²) in [6, 6.07) is 74.4. The summed E-state index contributed by atoms with van der Waals surface area (Å²) in [4.78, 5) is 15.6. The van der Waals surface area contributed by atoms with Gasteiger partial charge in [-0.1, -0.05) is 188 Å².